The van der Waals surface area contributed by atoms with E-state index in [1.807, 2.05) is 20.8 Å². The Morgan fingerprint density at radius 3 is 2.40 bits per heavy atom. The van der Waals surface area contributed by atoms with Gasteiger partial charge in [0.05, 0.1) is 24.2 Å². The van der Waals surface area contributed by atoms with E-state index in [0.29, 0.717) is 24.3 Å². The minimum Gasteiger partial charge on any atom is -0.481 e. The van der Waals surface area contributed by atoms with E-state index in [-0.39, 0.29) is 54.7 Å². The molecule has 16 atom stereocenters. The van der Waals surface area contributed by atoms with E-state index in [2.05, 4.69) is 13.0 Å². The van der Waals surface area contributed by atoms with E-state index in [0.717, 1.165) is 24.7 Å². The van der Waals surface area contributed by atoms with Gasteiger partial charge in [0.2, 0.25) is 0 Å². The molecule has 3 aliphatic heterocycles. The second kappa shape index (κ2) is 11.5. The van der Waals surface area contributed by atoms with Gasteiger partial charge in [-0.25, -0.2) is 4.79 Å². The van der Waals surface area contributed by atoms with Crippen LogP contribution in [0.4, 0.5) is 0 Å². The fraction of sp³-hybridized carbons (Fsp3) is 0.806. The highest BCUT2D eigenvalue weighted by Gasteiger charge is 2.84. The molecule has 0 radical (unpaired) electrons. The van der Waals surface area contributed by atoms with Crippen molar-refractivity contribution < 1.29 is 53.0 Å². The summed E-state index contributed by atoms with van der Waals surface area (Å²) < 4.78 is 35.3. The Balaban J connectivity index is 1.14. The molecule has 0 amide bonds. The topological polar surface area (TPSA) is 154 Å². The highest BCUT2D eigenvalue weighted by Crippen LogP contribution is 2.82. The van der Waals surface area contributed by atoms with Crippen molar-refractivity contribution >= 4 is 18.2 Å². The molecule has 3 heterocycles. The maximum Gasteiger partial charge on any atom is 0.333 e. The molecule has 7 rings (SSSR count). The van der Waals surface area contributed by atoms with E-state index in [4.69, 9.17) is 28.4 Å². The van der Waals surface area contributed by atoms with Crippen LogP contribution in [0.2, 0.25) is 0 Å². The number of aliphatic hydroxyl groups excluding tert-OH is 1. The summed E-state index contributed by atoms with van der Waals surface area (Å²) in [4.78, 5) is 40.3. The molecule has 3 saturated heterocycles. The lowest BCUT2D eigenvalue weighted by atomic mass is 9.43. The van der Waals surface area contributed by atoms with E-state index in [9.17, 15) is 24.6 Å². The van der Waals surface area contributed by atoms with Crippen LogP contribution in [0.3, 0.4) is 0 Å². The number of esters is 1. The highest BCUT2D eigenvalue weighted by molar-refractivity contribution is 5.90. The van der Waals surface area contributed by atoms with Crippen LogP contribution in [-0.2, 0) is 42.8 Å². The van der Waals surface area contributed by atoms with Gasteiger partial charge in [-0.3, -0.25) is 4.79 Å². The Hall–Kier alpha value is -2.15. The predicted molar refractivity (Wildman–Crippen MR) is 166 cm³/mol. The number of aliphatic carboxylic acids is 1. The third-order valence-electron chi connectivity index (χ3n) is 13.3. The zero-order valence-electron chi connectivity index (χ0n) is 28.4. The Bertz CT molecular complexity index is 1370. The fourth-order valence-electron chi connectivity index (χ4n) is 11.1. The molecule has 0 spiro atoms. The molecule has 11 heteroatoms. The Kier molecular flexibility index (Phi) is 8.13. The van der Waals surface area contributed by atoms with Crippen molar-refractivity contribution in [1.29, 1.82) is 0 Å². The number of carbonyl (C=O) groups excluding carboxylic acids is 2. The van der Waals surface area contributed by atoms with Gasteiger partial charge in [-0.05, 0) is 75.7 Å². The second-order valence-corrected chi connectivity index (χ2v) is 15.8. The van der Waals surface area contributed by atoms with Crippen LogP contribution in [0.25, 0.3) is 0 Å². The molecule has 4 bridgehead atoms. The smallest absolute Gasteiger partial charge is 0.333 e. The molecule has 0 aromatic rings. The lowest BCUT2D eigenvalue weighted by molar-refractivity contribution is -0.308. The molecule has 11 nitrogen and oxygen atoms in total. The van der Waals surface area contributed by atoms with E-state index in [1.165, 1.54) is 7.11 Å². The van der Waals surface area contributed by atoms with Gasteiger partial charge in [-0.15, -0.1) is 0 Å². The molecule has 4 aliphatic carbocycles. The SMILES string of the molecule is CO[C@H]1[C@@H](OC(=O)/C(C)=C\[C@@H]2O[C@H]2C2O[C@H]2C)[C@H](O)[C@H](OC[C@@]23C[C@@H]4[C@H](C)CC[C@H]4[C@@]4(C=O)C[C@@H]2C=C(C(C)C)[C@@]34C(=O)O)O[C@@H]1C. The molecule has 47 heavy (non-hydrogen) atoms. The van der Waals surface area contributed by atoms with Crippen molar-refractivity contribution in [2.45, 2.75) is 122 Å². The third-order valence-corrected chi connectivity index (χ3v) is 13.3. The molecule has 3 saturated carbocycles. The molecular formula is C36H50O11. The molecular weight excluding hydrogens is 608 g/mol. The van der Waals surface area contributed by atoms with Gasteiger partial charge in [0.25, 0.3) is 0 Å². The molecule has 1 unspecified atom stereocenters. The molecule has 260 valence electrons. The summed E-state index contributed by atoms with van der Waals surface area (Å²) in [5.41, 5.74) is -2.17. The van der Waals surface area contributed by atoms with Crippen LogP contribution >= 0.6 is 0 Å². The predicted octanol–water partition coefficient (Wildman–Crippen LogP) is 3.46. The van der Waals surface area contributed by atoms with Crippen molar-refractivity contribution in [2.24, 2.45) is 45.8 Å². The first kappa shape index (κ1) is 33.4. The van der Waals surface area contributed by atoms with Crippen LogP contribution in [0.1, 0.15) is 67.2 Å². The highest BCUT2D eigenvalue weighted by atomic mass is 16.7. The van der Waals surface area contributed by atoms with Gasteiger partial charge in [-0.1, -0.05) is 38.8 Å². The number of allylic oxidation sites excluding steroid dienone is 1. The summed E-state index contributed by atoms with van der Waals surface area (Å²) >= 11 is 0. The minimum atomic E-state index is -1.41. The molecule has 0 aromatic carbocycles. The first-order valence-corrected chi connectivity index (χ1v) is 17.4. The van der Waals surface area contributed by atoms with Crippen molar-refractivity contribution in [1.82, 2.24) is 0 Å². The summed E-state index contributed by atoms with van der Waals surface area (Å²) in [5, 5.41) is 22.9. The number of aliphatic hydroxyl groups is 1. The van der Waals surface area contributed by atoms with E-state index in [1.54, 1.807) is 19.9 Å². The van der Waals surface area contributed by atoms with Crippen molar-refractivity contribution in [3.63, 3.8) is 0 Å². The van der Waals surface area contributed by atoms with Crippen LogP contribution in [0.5, 0.6) is 0 Å². The molecule has 6 fully saturated rings. The average Bonchev–Trinajstić information content (AvgIpc) is 3.88. The number of fused-ring (bicyclic) bond motifs is 2. The average molecular weight is 659 g/mol. The van der Waals surface area contributed by atoms with Gasteiger partial charge < -0.3 is 43.4 Å². The number of ether oxygens (including phenoxy) is 6. The Morgan fingerprint density at radius 2 is 1.79 bits per heavy atom. The Labute approximate surface area is 276 Å². The van der Waals surface area contributed by atoms with Gasteiger partial charge in [-0.2, -0.15) is 0 Å². The minimum absolute atomic E-state index is 0.00212. The number of carboxylic acid groups (broad SMARTS) is 1. The van der Waals surface area contributed by atoms with Crippen LogP contribution in [0.15, 0.2) is 23.3 Å². The van der Waals surface area contributed by atoms with Crippen LogP contribution in [0, 0.1) is 45.8 Å². The fourth-order valence-corrected chi connectivity index (χ4v) is 11.1. The molecule has 2 N–H and O–H groups in total. The van der Waals surface area contributed by atoms with Gasteiger partial charge in [0.15, 0.2) is 12.4 Å². The van der Waals surface area contributed by atoms with E-state index >= 15 is 0 Å². The largest absolute Gasteiger partial charge is 0.481 e. The van der Waals surface area contributed by atoms with Crippen LogP contribution in [-0.4, -0.2) is 97.3 Å². The Morgan fingerprint density at radius 1 is 1.06 bits per heavy atom. The maximum absolute atomic E-state index is 13.8. The van der Waals surface area contributed by atoms with Crippen molar-refractivity contribution in [3.05, 3.63) is 23.3 Å². The van der Waals surface area contributed by atoms with Gasteiger partial charge in [0, 0.05) is 18.1 Å². The molecule has 7 aliphatic rings. The zero-order valence-corrected chi connectivity index (χ0v) is 28.4. The summed E-state index contributed by atoms with van der Waals surface area (Å²) in [6.07, 6.45) is 2.48. The van der Waals surface area contributed by atoms with E-state index < -0.39 is 58.9 Å². The lowest BCUT2D eigenvalue weighted by Gasteiger charge is -2.58. The van der Waals surface area contributed by atoms with Crippen molar-refractivity contribution in [2.75, 3.05) is 13.7 Å². The number of carboxylic acids is 1. The number of hydrogen-bond acceptors (Lipinski definition) is 10. The second-order valence-electron chi connectivity index (χ2n) is 15.8. The number of carbonyl (C=O) groups is 3. The number of aldehydes is 1. The normalized spacial score (nSPS) is 51.0. The monoisotopic (exact) mass is 658 g/mol. The molecule has 0 aromatic heterocycles. The maximum atomic E-state index is 13.8. The number of hydrogen-bond donors (Lipinski definition) is 2. The standard InChI is InChI=1S/C36H50O11/c1-16(2)24-11-21-12-34(14-37)23-9-8-17(3)22(23)13-35(21,36(24,34)33(40)41)15-43-32-26(38)30(27(42-7)19(5)45-32)47-31(39)18(4)10-25-29(46-25)28-20(6)44-28/h10-11,14,16-17,19-23,25-30,32,38H,8-9,12-13,15H2,1-7H3,(H,40,41)/b18-10-/t17-,19-,20+,21+,22-,23-,25+,26+,27-,28?,29-,30+,32-,34+,35+,36+/m1/s1. The first-order valence-electron chi connectivity index (χ1n) is 17.4. The summed E-state index contributed by atoms with van der Waals surface area (Å²) in [7, 11) is 1.46. The lowest BCUT2D eigenvalue weighted by Crippen LogP contribution is -2.64. The van der Waals surface area contributed by atoms with Gasteiger partial charge >= 0.3 is 11.9 Å². The van der Waals surface area contributed by atoms with Gasteiger partial charge in [0.1, 0.15) is 42.2 Å². The third kappa shape index (κ3) is 4.55. The number of epoxide rings is 2. The van der Waals surface area contributed by atoms with Crippen molar-refractivity contribution in [3.8, 4) is 0 Å². The number of rotatable bonds is 11. The summed E-state index contributed by atoms with van der Waals surface area (Å²) in [6.45, 7) is 11.6. The first-order chi connectivity index (χ1) is 22.3. The number of methoxy groups -OCH3 is 1. The van der Waals surface area contributed by atoms with Crippen LogP contribution < -0.4 is 0 Å². The summed E-state index contributed by atoms with van der Waals surface area (Å²) in [6, 6.07) is 0. The quantitative estimate of drug-likeness (QED) is 0.110. The zero-order chi connectivity index (χ0) is 33.8. The summed E-state index contributed by atoms with van der Waals surface area (Å²) in [5.74, 6) is -1.26.